The highest BCUT2D eigenvalue weighted by Crippen LogP contribution is 2.35. The normalized spacial score (nSPS) is 34.2. The van der Waals surface area contributed by atoms with Crippen LogP contribution in [0.3, 0.4) is 0 Å². The summed E-state index contributed by atoms with van der Waals surface area (Å²) in [4.78, 5) is 25.5. The molecule has 4 nitrogen and oxygen atoms in total. The Bertz CT molecular complexity index is 316. The Kier molecular flexibility index (Phi) is 3.82. The number of ether oxygens (including phenoxy) is 1. The molecule has 1 saturated heterocycles. The Morgan fingerprint density at radius 1 is 1.53 bits per heavy atom. The Balaban J connectivity index is 2.01. The van der Waals surface area contributed by atoms with Crippen molar-refractivity contribution in [1.82, 2.24) is 4.90 Å². The summed E-state index contributed by atoms with van der Waals surface area (Å²) in [6, 6.07) is 0.485. The molecule has 0 aromatic heterocycles. The van der Waals surface area contributed by atoms with Gasteiger partial charge in [0.1, 0.15) is 5.78 Å². The van der Waals surface area contributed by atoms with Crippen LogP contribution in [-0.4, -0.2) is 42.9 Å². The van der Waals surface area contributed by atoms with Gasteiger partial charge >= 0.3 is 5.97 Å². The summed E-state index contributed by atoms with van der Waals surface area (Å²) >= 11 is 0. The van der Waals surface area contributed by atoms with E-state index in [1.54, 1.807) is 0 Å². The second-order valence-corrected chi connectivity index (χ2v) is 5.23. The molecule has 0 amide bonds. The van der Waals surface area contributed by atoms with Crippen LogP contribution in [0.5, 0.6) is 0 Å². The Labute approximate surface area is 102 Å². The van der Waals surface area contributed by atoms with Crippen molar-refractivity contribution in [2.75, 3.05) is 20.2 Å². The first-order valence-corrected chi connectivity index (χ1v) is 6.50. The molecule has 1 aliphatic heterocycles. The predicted octanol–water partition coefficient (Wildman–Crippen LogP) is 1.24. The third-order valence-corrected chi connectivity index (χ3v) is 4.03. The number of rotatable bonds is 2. The second kappa shape index (κ2) is 5.17. The number of esters is 1. The predicted molar refractivity (Wildman–Crippen MR) is 63.5 cm³/mol. The zero-order chi connectivity index (χ0) is 12.4. The molecule has 3 atom stereocenters. The highest BCUT2D eigenvalue weighted by Gasteiger charge is 2.40. The molecule has 1 heterocycles. The van der Waals surface area contributed by atoms with Crippen LogP contribution in [0.25, 0.3) is 0 Å². The van der Waals surface area contributed by atoms with Gasteiger partial charge in [-0.05, 0) is 32.7 Å². The number of piperidine rings is 1. The number of Topliss-reactive ketones (excluding diaryl/α,β-unsaturated/α-hetero) is 1. The van der Waals surface area contributed by atoms with Crippen molar-refractivity contribution < 1.29 is 14.3 Å². The quantitative estimate of drug-likeness (QED) is 0.680. The summed E-state index contributed by atoms with van der Waals surface area (Å²) in [7, 11) is 2.05. The van der Waals surface area contributed by atoms with E-state index >= 15 is 0 Å². The molecule has 4 heteroatoms. The first-order valence-electron chi connectivity index (χ1n) is 6.50. The van der Waals surface area contributed by atoms with E-state index in [9.17, 15) is 9.59 Å². The van der Waals surface area contributed by atoms with Crippen molar-refractivity contribution in [3.05, 3.63) is 0 Å². The number of fused-ring (bicyclic) bond motifs is 1. The Morgan fingerprint density at radius 3 is 3.00 bits per heavy atom. The van der Waals surface area contributed by atoms with Crippen LogP contribution in [0, 0.1) is 11.8 Å². The van der Waals surface area contributed by atoms with Crippen molar-refractivity contribution in [1.29, 1.82) is 0 Å². The average Bonchev–Trinajstić information content (AvgIpc) is 2.28. The molecule has 96 valence electrons. The number of hydrogen-bond acceptors (Lipinski definition) is 4. The number of nitrogens with zero attached hydrogens (tertiary/aromatic N) is 1. The maximum atomic E-state index is 11.8. The van der Waals surface area contributed by atoms with Crippen molar-refractivity contribution in [3.8, 4) is 0 Å². The van der Waals surface area contributed by atoms with Gasteiger partial charge < -0.3 is 9.64 Å². The standard InChI is InChI=1S/C13H21NO3/c1-3-17-13(16)10-6-9-7-11(15)4-5-12(9)14(2)8-10/h9-10,12H,3-8H2,1-2H3/t9-,10-,12-/m1/s1. The van der Waals surface area contributed by atoms with Crippen LogP contribution >= 0.6 is 0 Å². The molecule has 1 aliphatic carbocycles. The Morgan fingerprint density at radius 2 is 2.29 bits per heavy atom. The molecule has 0 N–H and O–H groups in total. The van der Waals surface area contributed by atoms with Crippen molar-refractivity contribution >= 4 is 11.8 Å². The van der Waals surface area contributed by atoms with Gasteiger partial charge in [0.2, 0.25) is 0 Å². The summed E-state index contributed by atoms with van der Waals surface area (Å²) in [5.74, 6) is 0.552. The van der Waals surface area contributed by atoms with E-state index in [4.69, 9.17) is 4.74 Å². The van der Waals surface area contributed by atoms with Gasteiger partial charge in [0.25, 0.3) is 0 Å². The fourth-order valence-corrected chi connectivity index (χ4v) is 3.25. The van der Waals surface area contributed by atoms with Crippen molar-refractivity contribution in [2.24, 2.45) is 11.8 Å². The minimum atomic E-state index is -0.101. The zero-order valence-electron chi connectivity index (χ0n) is 10.6. The van der Waals surface area contributed by atoms with Gasteiger partial charge in [-0.25, -0.2) is 0 Å². The van der Waals surface area contributed by atoms with Crippen molar-refractivity contribution in [2.45, 2.75) is 38.6 Å². The maximum Gasteiger partial charge on any atom is 0.310 e. The molecule has 0 bridgehead atoms. The highest BCUT2D eigenvalue weighted by atomic mass is 16.5. The molecule has 0 unspecified atom stereocenters. The summed E-state index contributed by atoms with van der Waals surface area (Å²) < 4.78 is 5.09. The van der Waals surface area contributed by atoms with Crippen LogP contribution in [0.4, 0.5) is 0 Å². The first kappa shape index (κ1) is 12.6. The average molecular weight is 239 g/mol. The fraction of sp³-hybridized carbons (Fsp3) is 0.846. The first-order chi connectivity index (χ1) is 8.11. The summed E-state index contributed by atoms with van der Waals surface area (Å²) in [6.45, 7) is 3.04. The second-order valence-electron chi connectivity index (χ2n) is 5.23. The van der Waals surface area contributed by atoms with Gasteiger partial charge in [-0.3, -0.25) is 9.59 Å². The molecule has 2 fully saturated rings. The lowest BCUT2D eigenvalue weighted by Gasteiger charge is -2.44. The summed E-state index contributed by atoms with van der Waals surface area (Å²) in [5.41, 5.74) is 0. The van der Waals surface area contributed by atoms with E-state index in [1.165, 1.54) is 0 Å². The molecule has 0 radical (unpaired) electrons. The number of likely N-dealkylation sites (tertiary alicyclic amines) is 1. The van der Waals surface area contributed by atoms with Crippen molar-refractivity contribution in [3.63, 3.8) is 0 Å². The smallest absolute Gasteiger partial charge is 0.310 e. The third kappa shape index (κ3) is 2.68. The van der Waals surface area contributed by atoms with Crippen LogP contribution in [-0.2, 0) is 14.3 Å². The molecular weight excluding hydrogens is 218 g/mol. The van der Waals surface area contributed by atoms with E-state index in [1.807, 2.05) is 6.92 Å². The molecule has 17 heavy (non-hydrogen) atoms. The molecule has 0 aromatic rings. The van der Waals surface area contributed by atoms with E-state index < -0.39 is 0 Å². The number of hydrogen-bond donors (Lipinski definition) is 0. The molecule has 0 aromatic carbocycles. The monoisotopic (exact) mass is 239 g/mol. The van der Waals surface area contributed by atoms with E-state index in [-0.39, 0.29) is 11.9 Å². The number of carbonyl (C=O) groups excluding carboxylic acids is 2. The minimum absolute atomic E-state index is 0.0490. The molecule has 2 rings (SSSR count). The molecular formula is C13H21NO3. The van der Waals surface area contributed by atoms with Gasteiger partial charge in [0.15, 0.2) is 0 Å². The van der Waals surface area contributed by atoms with Crippen LogP contribution in [0.2, 0.25) is 0 Å². The van der Waals surface area contributed by atoms with E-state index in [2.05, 4.69) is 11.9 Å². The molecule has 2 aliphatic rings. The van der Waals surface area contributed by atoms with Gasteiger partial charge in [0.05, 0.1) is 12.5 Å². The van der Waals surface area contributed by atoms with Crippen LogP contribution in [0.15, 0.2) is 0 Å². The van der Waals surface area contributed by atoms with E-state index in [0.717, 1.165) is 19.4 Å². The van der Waals surface area contributed by atoms with Gasteiger partial charge in [0, 0.05) is 25.4 Å². The van der Waals surface area contributed by atoms with Crippen LogP contribution < -0.4 is 0 Å². The minimum Gasteiger partial charge on any atom is -0.466 e. The third-order valence-electron chi connectivity index (χ3n) is 4.03. The zero-order valence-corrected chi connectivity index (χ0v) is 10.6. The number of carbonyl (C=O) groups is 2. The largest absolute Gasteiger partial charge is 0.466 e. The number of ketones is 1. The molecule has 1 saturated carbocycles. The van der Waals surface area contributed by atoms with Gasteiger partial charge in [-0.1, -0.05) is 0 Å². The summed E-state index contributed by atoms with van der Waals surface area (Å²) in [6.07, 6.45) is 3.12. The van der Waals surface area contributed by atoms with Gasteiger partial charge in [-0.2, -0.15) is 0 Å². The topological polar surface area (TPSA) is 46.6 Å². The fourth-order valence-electron chi connectivity index (χ4n) is 3.25. The van der Waals surface area contributed by atoms with Crippen LogP contribution in [0.1, 0.15) is 32.6 Å². The lowest BCUT2D eigenvalue weighted by molar-refractivity contribution is -0.152. The SMILES string of the molecule is CCOC(=O)[C@@H]1C[C@@H]2CC(=O)CC[C@H]2N(C)C1. The molecule has 0 spiro atoms. The van der Waals surface area contributed by atoms with Gasteiger partial charge in [-0.15, -0.1) is 0 Å². The lowest BCUT2D eigenvalue weighted by atomic mass is 9.74. The van der Waals surface area contributed by atoms with E-state index in [0.29, 0.717) is 37.2 Å². The summed E-state index contributed by atoms with van der Waals surface area (Å²) in [5, 5.41) is 0. The maximum absolute atomic E-state index is 11.8. The highest BCUT2D eigenvalue weighted by molar-refractivity contribution is 5.80. The Hall–Kier alpha value is -0.900. The lowest BCUT2D eigenvalue weighted by Crippen LogP contribution is -2.51.